The number of hydrogen-bond donors (Lipinski definition) is 1. The second-order valence-corrected chi connectivity index (χ2v) is 6.51. The van der Waals surface area contributed by atoms with E-state index in [0.29, 0.717) is 38.6 Å². The lowest BCUT2D eigenvalue weighted by molar-refractivity contribution is -0.140. The van der Waals surface area contributed by atoms with Crippen LogP contribution in [0.5, 0.6) is 0 Å². The van der Waals surface area contributed by atoms with Gasteiger partial charge in [0.25, 0.3) is 0 Å². The van der Waals surface area contributed by atoms with Crippen LogP contribution < -0.4 is 0 Å². The van der Waals surface area contributed by atoms with Crippen molar-refractivity contribution >= 4 is 5.91 Å². The van der Waals surface area contributed by atoms with E-state index in [0.717, 1.165) is 17.3 Å². The van der Waals surface area contributed by atoms with E-state index < -0.39 is 0 Å². The fourth-order valence-electron chi connectivity index (χ4n) is 3.10. The Bertz CT molecular complexity index is 691. The number of hydrogen-bond acceptors (Lipinski definition) is 4. The highest BCUT2D eigenvalue weighted by Gasteiger charge is 2.30. The molecule has 0 spiro atoms. The van der Waals surface area contributed by atoms with E-state index in [9.17, 15) is 4.79 Å². The van der Waals surface area contributed by atoms with Gasteiger partial charge in [0.1, 0.15) is 17.7 Å². The highest BCUT2D eigenvalue weighted by atomic mass is 16.5. The van der Waals surface area contributed by atoms with Crippen LogP contribution in [-0.4, -0.2) is 50.1 Å². The number of carbonyl (C=O) groups is 1. The third-order valence-electron chi connectivity index (χ3n) is 4.32. The maximum absolute atomic E-state index is 12.8. The Labute approximate surface area is 142 Å². The topological polar surface area (TPSA) is 76.0 Å². The lowest BCUT2D eigenvalue weighted by atomic mass is 10.2. The molecule has 130 valence electrons. The van der Waals surface area contributed by atoms with Gasteiger partial charge in [-0.15, -0.1) is 0 Å². The van der Waals surface area contributed by atoms with Crippen LogP contribution in [0, 0.1) is 6.92 Å². The fourth-order valence-corrected chi connectivity index (χ4v) is 3.10. The Kier molecular flexibility index (Phi) is 4.99. The van der Waals surface area contributed by atoms with Crippen LogP contribution in [0.2, 0.25) is 0 Å². The molecular formula is C17H25N5O2. The first-order valence-corrected chi connectivity index (χ1v) is 8.46. The number of carbonyl (C=O) groups excluding carboxylic acids is 1. The smallest absolute Gasteiger partial charge is 0.225 e. The summed E-state index contributed by atoms with van der Waals surface area (Å²) in [6.07, 6.45) is 5.97. The van der Waals surface area contributed by atoms with Crippen LogP contribution in [0.4, 0.5) is 0 Å². The zero-order valence-electron chi connectivity index (χ0n) is 14.5. The quantitative estimate of drug-likeness (QED) is 0.909. The molecule has 0 aliphatic carbocycles. The number of ether oxygens (including phenoxy) is 1. The van der Waals surface area contributed by atoms with E-state index in [-0.39, 0.29) is 11.9 Å². The molecule has 24 heavy (non-hydrogen) atoms. The molecular weight excluding hydrogens is 306 g/mol. The van der Waals surface area contributed by atoms with E-state index >= 15 is 0 Å². The van der Waals surface area contributed by atoms with Gasteiger partial charge in [-0.25, -0.2) is 9.97 Å². The number of imidazole rings is 2. The number of morpholine rings is 1. The van der Waals surface area contributed by atoms with Crippen LogP contribution in [0.3, 0.4) is 0 Å². The zero-order chi connectivity index (χ0) is 17.1. The molecule has 7 nitrogen and oxygen atoms in total. The molecule has 2 aromatic heterocycles. The van der Waals surface area contributed by atoms with Crippen LogP contribution in [0.1, 0.15) is 49.6 Å². The fraction of sp³-hybridized carbons (Fsp3) is 0.588. The minimum atomic E-state index is -0.132. The number of nitrogens with one attached hydrogen (secondary N) is 1. The molecule has 1 fully saturated rings. The standard InChI is InChI=1S/C17H25N5O2/c1-12(2)17-18-5-7-21(17)6-4-15(23)22-8-9-24-11-14(22)16-19-10-13(3)20-16/h5,7,10,12,14H,4,6,8-9,11H2,1-3H3,(H,19,20). The molecule has 7 heteroatoms. The molecule has 1 aliphatic rings. The Morgan fingerprint density at radius 1 is 1.46 bits per heavy atom. The summed E-state index contributed by atoms with van der Waals surface area (Å²) in [5, 5.41) is 0. The van der Waals surface area contributed by atoms with Crippen molar-refractivity contribution in [1.29, 1.82) is 0 Å². The van der Waals surface area contributed by atoms with Gasteiger partial charge in [-0.3, -0.25) is 4.79 Å². The molecule has 0 saturated carbocycles. The van der Waals surface area contributed by atoms with Crippen molar-refractivity contribution in [1.82, 2.24) is 24.4 Å². The van der Waals surface area contributed by atoms with Crippen molar-refractivity contribution < 1.29 is 9.53 Å². The molecule has 0 aromatic carbocycles. The summed E-state index contributed by atoms with van der Waals surface area (Å²) in [5.74, 6) is 2.28. The van der Waals surface area contributed by atoms with Crippen LogP contribution in [0.25, 0.3) is 0 Å². The van der Waals surface area contributed by atoms with Crippen molar-refractivity contribution in [2.45, 2.75) is 45.7 Å². The van der Waals surface area contributed by atoms with Crippen LogP contribution >= 0.6 is 0 Å². The maximum atomic E-state index is 12.8. The van der Waals surface area contributed by atoms with Crippen molar-refractivity contribution in [2.24, 2.45) is 0 Å². The van der Waals surface area contributed by atoms with Gasteiger partial charge in [0, 0.05) is 49.7 Å². The Morgan fingerprint density at radius 2 is 2.29 bits per heavy atom. The molecule has 3 heterocycles. The molecule has 3 rings (SSSR count). The van der Waals surface area contributed by atoms with Gasteiger partial charge in [-0.1, -0.05) is 13.8 Å². The number of aryl methyl sites for hydroxylation is 2. The third kappa shape index (κ3) is 3.51. The Morgan fingerprint density at radius 3 is 3.00 bits per heavy atom. The van der Waals surface area contributed by atoms with Crippen LogP contribution in [-0.2, 0) is 16.1 Å². The molecule has 1 amide bonds. The molecule has 2 aromatic rings. The van der Waals surface area contributed by atoms with Gasteiger partial charge in [0.05, 0.1) is 13.2 Å². The predicted octanol–water partition coefficient (Wildman–Crippen LogP) is 2.03. The number of amides is 1. The van der Waals surface area contributed by atoms with E-state index in [1.165, 1.54) is 0 Å². The number of H-pyrrole nitrogens is 1. The van der Waals surface area contributed by atoms with Gasteiger partial charge >= 0.3 is 0 Å². The summed E-state index contributed by atoms with van der Waals surface area (Å²) in [6.45, 7) is 8.48. The van der Waals surface area contributed by atoms with Gasteiger partial charge in [-0.05, 0) is 6.92 Å². The molecule has 1 atom stereocenters. The highest BCUT2D eigenvalue weighted by Crippen LogP contribution is 2.23. The monoisotopic (exact) mass is 331 g/mol. The second-order valence-electron chi connectivity index (χ2n) is 6.51. The molecule has 1 aliphatic heterocycles. The number of aromatic amines is 1. The average Bonchev–Trinajstić information content (AvgIpc) is 3.21. The molecule has 1 N–H and O–H groups in total. The molecule has 0 bridgehead atoms. The SMILES string of the molecule is Cc1cnc(C2COCCN2C(=O)CCn2ccnc2C(C)C)[nH]1. The minimum absolute atomic E-state index is 0.126. The lowest BCUT2D eigenvalue weighted by Gasteiger charge is -2.34. The summed E-state index contributed by atoms with van der Waals surface area (Å²) in [6, 6.07) is -0.132. The van der Waals surface area contributed by atoms with Crippen molar-refractivity contribution in [3.8, 4) is 0 Å². The molecule has 0 radical (unpaired) electrons. The minimum Gasteiger partial charge on any atom is -0.377 e. The third-order valence-corrected chi connectivity index (χ3v) is 4.32. The first kappa shape index (κ1) is 16.7. The van der Waals surface area contributed by atoms with E-state index in [1.54, 1.807) is 12.4 Å². The summed E-state index contributed by atoms with van der Waals surface area (Å²) >= 11 is 0. The highest BCUT2D eigenvalue weighted by molar-refractivity contribution is 5.76. The number of rotatable bonds is 5. The van der Waals surface area contributed by atoms with Crippen molar-refractivity contribution in [3.05, 3.63) is 35.9 Å². The van der Waals surface area contributed by atoms with Crippen LogP contribution in [0.15, 0.2) is 18.6 Å². The largest absolute Gasteiger partial charge is 0.377 e. The van der Waals surface area contributed by atoms with Gasteiger partial charge in [0.2, 0.25) is 5.91 Å². The average molecular weight is 331 g/mol. The Balaban J connectivity index is 1.67. The predicted molar refractivity (Wildman–Crippen MR) is 89.5 cm³/mol. The van der Waals surface area contributed by atoms with Crippen molar-refractivity contribution in [3.63, 3.8) is 0 Å². The summed E-state index contributed by atoms with van der Waals surface area (Å²) in [7, 11) is 0. The van der Waals surface area contributed by atoms with E-state index in [1.807, 2.05) is 18.0 Å². The normalized spacial score (nSPS) is 18.3. The zero-order valence-corrected chi connectivity index (χ0v) is 14.5. The number of nitrogens with zero attached hydrogens (tertiary/aromatic N) is 4. The Hall–Kier alpha value is -2.15. The summed E-state index contributed by atoms with van der Waals surface area (Å²) in [4.78, 5) is 26.6. The summed E-state index contributed by atoms with van der Waals surface area (Å²) < 4.78 is 7.62. The van der Waals surface area contributed by atoms with Crippen molar-refractivity contribution in [2.75, 3.05) is 19.8 Å². The second kappa shape index (κ2) is 7.17. The maximum Gasteiger partial charge on any atom is 0.225 e. The number of aromatic nitrogens is 4. The van der Waals surface area contributed by atoms with E-state index in [2.05, 4.69) is 33.4 Å². The molecule has 1 saturated heterocycles. The van der Waals surface area contributed by atoms with Gasteiger partial charge in [-0.2, -0.15) is 0 Å². The summed E-state index contributed by atoms with van der Waals surface area (Å²) in [5.41, 5.74) is 0.989. The molecule has 1 unspecified atom stereocenters. The lowest BCUT2D eigenvalue weighted by Crippen LogP contribution is -2.44. The van der Waals surface area contributed by atoms with Gasteiger partial charge in [0.15, 0.2) is 0 Å². The first-order chi connectivity index (χ1) is 11.6. The van der Waals surface area contributed by atoms with Gasteiger partial charge < -0.3 is 19.2 Å². The first-order valence-electron chi connectivity index (χ1n) is 8.46. The van der Waals surface area contributed by atoms with E-state index in [4.69, 9.17) is 4.74 Å².